The van der Waals surface area contributed by atoms with Gasteiger partial charge in [0.1, 0.15) is 0 Å². The van der Waals surface area contributed by atoms with Gasteiger partial charge >= 0.3 is 0 Å². The predicted octanol–water partition coefficient (Wildman–Crippen LogP) is 3.35. The highest BCUT2D eigenvalue weighted by molar-refractivity contribution is 6.30. The third-order valence-electron chi connectivity index (χ3n) is 2.06. The molecule has 0 atom stereocenters. The largest absolute Gasteiger partial charge is 0.327 e. The molecule has 1 nitrogen and oxygen atoms in total. The van der Waals surface area contributed by atoms with Crippen molar-refractivity contribution in [1.29, 1.82) is 0 Å². The minimum absolute atomic E-state index is 0.525. The van der Waals surface area contributed by atoms with Crippen molar-refractivity contribution in [2.24, 2.45) is 5.73 Å². The van der Waals surface area contributed by atoms with E-state index in [0.29, 0.717) is 6.54 Å². The van der Waals surface area contributed by atoms with Crippen molar-refractivity contribution in [1.82, 2.24) is 0 Å². The van der Waals surface area contributed by atoms with Gasteiger partial charge in [0.2, 0.25) is 0 Å². The van der Waals surface area contributed by atoms with Gasteiger partial charge in [-0.15, -0.1) is 0 Å². The van der Waals surface area contributed by atoms with Gasteiger partial charge in [-0.05, 0) is 36.1 Å². The molecule has 76 valence electrons. The highest BCUT2D eigenvalue weighted by atomic mass is 35.5. The Bertz CT molecular complexity index is 304. The topological polar surface area (TPSA) is 26.0 Å². The van der Waals surface area contributed by atoms with Crippen LogP contribution in [0.25, 0.3) is 0 Å². The maximum Gasteiger partial charge on any atom is 0.0406 e. The lowest BCUT2D eigenvalue weighted by Gasteiger charge is -2.03. The zero-order chi connectivity index (χ0) is 10.4. The number of halogens is 2. The molecular weight excluding hydrogens is 217 g/mol. The molecule has 0 saturated heterocycles. The summed E-state index contributed by atoms with van der Waals surface area (Å²) in [4.78, 5) is 0. The second kappa shape index (κ2) is 6.07. The molecular formula is C11H13Cl2N. The number of hydrogen-bond donors (Lipinski definition) is 1. The molecule has 0 aliphatic rings. The normalized spacial score (nSPS) is 11.8. The average molecular weight is 230 g/mol. The number of nitrogens with two attached hydrogens (primary N) is 1. The Kier molecular flexibility index (Phi) is 5.02. The minimum atomic E-state index is 0.525. The molecule has 2 N–H and O–H groups in total. The van der Waals surface area contributed by atoms with Crippen molar-refractivity contribution in [3.8, 4) is 0 Å². The summed E-state index contributed by atoms with van der Waals surface area (Å²) in [7, 11) is 0. The van der Waals surface area contributed by atoms with Crippen molar-refractivity contribution in [3.05, 3.63) is 46.0 Å². The highest BCUT2D eigenvalue weighted by Gasteiger charge is 1.97. The lowest BCUT2D eigenvalue weighted by molar-refractivity contribution is 0.906. The molecule has 0 saturated carbocycles. The predicted molar refractivity (Wildman–Crippen MR) is 62.8 cm³/mol. The van der Waals surface area contributed by atoms with E-state index in [9.17, 15) is 0 Å². The fourth-order valence-corrected chi connectivity index (χ4v) is 1.48. The average Bonchev–Trinajstić information content (AvgIpc) is 2.22. The fraction of sp³-hybridized carbons (Fsp3) is 0.273. The molecule has 0 aliphatic heterocycles. The van der Waals surface area contributed by atoms with Crippen LogP contribution in [0, 0.1) is 0 Å². The third-order valence-corrected chi connectivity index (χ3v) is 2.63. The minimum Gasteiger partial charge on any atom is -0.327 e. The van der Waals surface area contributed by atoms with Crippen LogP contribution >= 0.6 is 23.2 Å². The van der Waals surface area contributed by atoms with Crippen LogP contribution < -0.4 is 5.73 Å². The summed E-state index contributed by atoms with van der Waals surface area (Å²) in [6, 6.07) is 7.82. The van der Waals surface area contributed by atoms with Crippen molar-refractivity contribution in [3.63, 3.8) is 0 Å². The summed E-state index contributed by atoms with van der Waals surface area (Å²) >= 11 is 11.4. The van der Waals surface area contributed by atoms with E-state index in [1.165, 1.54) is 5.56 Å². The van der Waals surface area contributed by atoms with Crippen LogP contribution in [-0.2, 0) is 6.42 Å². The molecule has 0 amide bonds. The van der Waals surface area contributed by atoms with Crippen LogP contribution in [0.4, 0.5) is 0 Å². The van der Waals surface area contributed by atoms with Crippen LogP contribution in [-0.4, -0.2) is 6.54 Å². The summed E-state index contributed by atoms with van der Waals surface area (Å²) in [5, 5.41) is 0.765. The van der Waals surface area contributed by atoms with Crippen LogP contribution in [0.15, 0.2) is 35.4 Å². The van der Waals surface area contributed by atoms with Gasteiger partial charge < -0.3 is 5.73 Å². The quantitative estimate of drug-likeness (QED) is 0.843. The Balaban J connectivity index is 2.49. The molecule has 0 radical (unpaired) electrons. The number of benzene rings is 1. The maximum absolute atomic E-state index is 5.78. The lowest BCUT2D eigenvalue weighted by Crippen LogP contribution is -2.03. The van der Waals surface area contributed by atoms with Crippen LogP contribution in [0.3, 0.4) is 0 Å². The van der Waals surface area contributed by atoms with E-state index in [1.54, 1.807) is 5.54 Å². The van der Waals surface area contributed by atoms with Gasteiger partial charge in [-0.25, -0.2) is 0 Å². The molecule has 0 spiro atoms. The smallest absolute Gasteiger partial charge is 0.0406 e. The summed E-state index contributed by atoms with van der Waals surface area (Å²) in [5.74, 6) is 0. The molecule has 0 aliphatic carbocycles. The Hall–Kier alpha value is -0.500. The van der Waals surface area contributed by atoms with Crippen LogP contribution in [0.5, 0.6) is 0 Å². The zero-order valence-corrected chi connectivity index (χ0v) is 9.35. The van der Waals surface area contributed by atoms with Gasteiger partial charge in [-0.3, -0.25) is 0 Å². The highest BCUT2D eigenvalue weighted by Crippen LogP contribution is 2.13. The summed E-state index contributed by atoms with van der Waals surface area (Å²) in [6.45, 7) is 0.525. The van der Waals surface area contributed by atoms with Crippen molar-refractivity contribution in [2.75, 3.05) is 6.54 Å². The molecule has 14 heavy (non-hydrogen) atoms. The lowest BCUT2D eigenvalue weighted by atomic mass is 10.1. The van der Waals surface area contributed by atoms with E-state index in [1.807, 2.05) is 24.3 Å². The molecule has 0 fully saturated rings. The summed E-state index contributed by atoms with van der Waals surface area (Å²) < 4.78 is 0. The Morgan fingerprint density at radius 1 is 1.29 bits per heavy atom. The van der Waals surface area contributed by atoms with Gasteiger partial charge in [0.05, 0.1) is 0 Å². The summed E-state index contributed by atoms with van der Waals surface area (Å²) in [5.41, 5.74) is 9.38. The zero-order valence-electron chi connectivity index (χ0n) is 7.84. The van der Waals surface area contributed by atoms with Crippen LogP contribution in [0.1, 0.15) is 12.0 Å². The summed E-state index contributed by atoms with van der Waals surface area (Å²) in [6.07, 6.45) is 1.86. The van der Waals surface area contributed by atoms with E-state index in [0.717, 1.165) is 23.4 Å². The molecule has 0 heterocycles. The van der Waals surface area contributed by atoms with E-state index < -0.39 is 0 Å². The maximum atomic E-state index is 5.78. The third kappa shape index (κ3) is 3.70. The first-order valence-electron chi connectivity index (χ1n) is 4.49. The molecule has 3 heteroatoms. The van der Waals surface area contributed by atoms with Gasteiger partial charge in [0.15, 0.2) is 0 Å². The molecule has 1 aromatic carbocycles. The van der Waals surface area contributed by atoms with E-state index in [-0.39, 0.29) is 0 Å². The second-order valence-electron chi connectivity index (χ2n) is 3.10. The van der Waals surface area contributed by atoms with Gasteiger partial charge in [-0.1, -0.05) is 35.3 Å². The SMILES string of the molecule is NCC(=CCl)CCc1ccc(Cl)cc1. The van der Waals surface area contributed by atoms with Gasteiger partial charge in [0.25, 0.3) is 0 Å². The second-order valence-corrected chi connectivity index (χ2v) is 3.75. The first-order valence-corrected chi connectivity index (χ1v) is 5.30. The molecule has 0 unspecified atom stereocenters. The van der Waals surface area contributed by atoms with E-state index in [4.69, 9.17) is 28.9 Å². The number of hydrogen-bond acceptors (Lipinski definition) is 1. The number of aryl methyl sites for hydroxylation is 1. The molecule has 1 aromatic rings. The molecule has 0 bridgehead atoms. The fourth-order valence-electron chi connectivity index (χ4n) is 1.16. The molecule has 0 aromatic heterocycles. The first-order chi connectivity index (χ1) is 6.76. The van der Waals surface area contributed by atoms with E-state index >= 15 is 0 Å². The standard InChI is InChI=1S/C11H13Cl2N/c12-7-10(8-14)2-1-9-3-5-11(13)6-4-9/h3-7H,1-2,8,14H2. The Morgan fingerprint density at radius 3 is 2.43 bits per heavy atom. The monoisotopic (exact) mass is 229 g/mol. The van der Waals surface area contributed by atoms with Crippen molar-refractivity contribution >= 4 is 23.2 Å². The first kappa shape index (κ1) is 11.6. The van der Waals surface area contributed by atoms with Crippen LogP contribution in [0.2, 0.25) is 5.02 Å². The van der Waals surface area contributed by atoms with Crippen molar-refractivity contribution < 1.29 is 0 Å². The van der Waals surface area contributed by atoms with E-state index in [2.05, 4.69) is 0 Å². The molecule has 1 rings (SSSR count). The Labute approximate surface area is 94.5 Å². The Morgan fingerprint density at radius 2 is 1.93 bits per heavy atom. The number of rotatable bonds is 4. The van der Waals surface area contributed by atoms with Crippen molar-refractivity contribution in [2.45, 2.75) is 12.8 Å². The van der Waals surface area contributed by atoms with Gasteiger partial charge in [-0.2, -0.15) is 0 Å². The van der Waals surface area contributed by atoms with Gasteiger partial charge in [0, 0.05) is 17.1 Å².